The second kappa shape index (κ2) is 6.49. The molecule has 12 heteroatoms. The largest absolute Gasteiger partial charge is 0.523 e. The van der Waals surface area contributed by atoms with E-state index in [9.17, 15) is 39.2 Å². The number of rotatable bonds is 3. The summed E-state index contributed by atoms with van der Waals surface area (Å²) >= 11 is 0. The van der Waals surface area contributed by atoms with Crippen LogP contribution < -0.4 is 0 Å². The number of alkyl halides is 6. The van der Waals surface area contributed by atoms with E-state index in [1.807, 2.05) is 0 Å². The summed E-state index contributed by atoms with van der Waals surface area (Å²) in [5.41, 5.74) is -12.6. The molecule has 28 heavy (non-hydrogen) atoms. The molecule has 0 fully saturated rings. The second-order valence-corrected chi connectivity index (χ2v) is 9.87. The Labute approximate surface area is 156 Å². The molecule has 0 spiro atoms. The Morgan fingerprint density at radius 3 is 2.00 bits per heavy atom. The van der Waals surface area contributed by atoms with Crippen molar-refractivity contribution in [3.8, 4) is 0 Å². The lowest BCUT2D eigenvalue weighted by Crippen LogP contribution is -2.32. The molecule has 2 aromatic carbocycles. The van der Waals surface area contributed by atoms with Gasteiger partial charge < -0.3 is 0 Å². The van der Waals surface area contributed by atoms with Crippen LogP contribution in [0.5, 0.6) is 0 Å². The van der Waals surface area contributed by atoms with Crippen molar-refractivity contribution in [2.45, 2.75) is 15.9 Å². The average molecular weight is 446 g/mol. The Morgan fingerprint density at radius 2 is 1.43 bits per heavy atom. The summed E-state index contributed by atoms with van der Waals surface area (Å²) in [6.07, 6.45) is 0.794. The molecular formula is C16H9F7O3S2. The molecule has 0 bridgehead atoms. The molecule has 0 aliphatic carbocycles. The molecule has 0 aromatic heterocycles. The quantitative estimate of drug-likeness (QED) is 0.442. The van der Waals surface area contributed by atoms with Gasteiger partial charge in [0.1, 0.15) is 5.82 Å². The van der Waals surface area contributed by atoms with Gasteiger partial charge in [0.2, 0.25) is 0 Å². The van der Waals surface area contributed by atoms with Crippen molar-refractivity contribution in [2.75, 3.05) is 0 Å². The van der Waals surface area contributed by atoms with Gasteiger partial charge in [-0.15, -0.1) is 0 Å². The Kier molecular flexibility index (Phi) is 4.79. The SMILES string of the molecule is O=S(=O)(OS1(C(F)(F)F)C(c2ccccc2F)=Cc2ccccc21)C(F)(F)F. The third-order valence-corrected chi connectivity index (χ3v) is 8.47. The Bertz CT molecular complexity index is 1060. The highest BCUT2D eigenvalue weighted by molar-refractivity contribution is 8.41. The van der Waals surface area contributed by atoms with Gasteiger partial charge in [0.15, 0.2) is 0 Å². The molecule has 1 aliphatic heterocycles. The first-order chi connectivity index (χ1) is 12.8. The molecule has 1 heterocycles. The van der Waals surface area contributed by atoms with E-state index < -0.39 is 52.6 Å². The molecule has 0 radical (unpaired) electrons. The van der Waals surface area contributed by atoms with Crippen LogP contribution in [0.4, 0.5) is 30.7 Å². The van der Waals surface area contributed by atoms with E-state index in [0.717, 1.165) is 36.4 Å². The summed E-state index contributed by atoms with van der Waals surface area (Å²) in [7, 11) is -11.9. The molecule has 0 saturated carbocycles. The van der Waals surface area contributed by atoms with Crippen molar-refractivity contribution in [3.63, 3.8) is 0 Å². The third-order valence-electron chi connectivity index (χ3n) is 3.77. The molecule has 2 aromatic rings. The highest BCUT2D eigenvalue weighted by Gasteiger charge is 2.64. The van der Waals surface area contributed by atoms with Gasteiger partial charge in [-0.3, -0.25) is 0 Å². The minimum absolute atomic E-state index is 0.217. The normalized spacial score (nSPS) is 22.3. The fourth-order valence-electron chi connectivity index (χ4n) is 2.63. The van der Waals surface area contributed by atoms with Gasteiger partial charge in [-0.1, -0.05) is 36.4 Å². The lowest BCUT2D eigenvalue weighted by Gasteiger charge is -2.39. The third kappa shape index (κ3) is 3.08. The highest BCUT2D eigenvalue weighted by Crippen LogP contribution is 2.80. The predicted octanol–water partition coefficient (Wildman–Crippen LogP) is 5.80. The fourth-order valence-corrected chi connectivity index (χ4v) is 7.14. The lowest BCUT2D eigenvalue weighted by molar-refractivity contribution is -0.0543. The predicted molar refractivity (Wildman–Crippen MR) is 88.7 cm³/mol. The van der Waals surface area contributed by atoms with Crippen LogP contribution in [0, 0.1) is 5.82 Å². The van der Waals surface area contributed by atoms with Crippen molar-refractivity contribution < 1.29 is 42.8 Å². The molecule has 3 nitrogen and oxygen atoms in total. The minimum atomic E-state index is -6.67. The van der Waals surface area contributed by atoms with Crippen molar-refractivity contribution in [2.24, 2.45) is 0 Å². The van der Waals surface area contributed by atoms with E-state index >= 15 is 0 Å². The van der Waals surface area contributed by atoms with E-state index in [4.69, 9.17) is 0 Å². The summed E-state index contributed by atoms with van der Waals surface area (Å²) in [5, 5.41) is 0. The van der Waals surface area contributed by atoms with Crippen LogP contribution >= 0.6 is 10.3 Å². The minimum Gasteiger partial charge on any atom is -0.206 e. The van der Waals surface area contributed by atoms with Crippen molar-refractivity contribution >= 4 is 31.4 Å². The van der Waals surface area contributed by atoms with Gasteiger partial charge in [-0.2, -0.15) is 38.4 Å². The Balaban J connectivity index is 2.38. The van der Waals surface area contributed by atoms with Crippen molar-refractivity contribution in [1.29, 1.82) is 0 Å². The van der Waals surface area contributed by atoms with Crippen molar-refractivity contribution in [3.05, 3.63) is 65.5 Å². The van der Waals surface area contributed by atoms with Crippen LogP contribution in [0.3, 0.4) is 0 Å². The van der Waals surface area contributed by atoms with E-state index in [0.29, 0.717) is 0 Å². The summed E-state index contributed by atoms with van der Waals surface area (Å²) in [6, 6.07) is 8.39. The van der Waals surface area contributed by atoms with Gasteiger partial charge >= 0.3 is 21.1 Å². The van der Waals surface area contributed by atoms with E-state index in [-0.39, 0.29) is 5.56 Å². The number of benzene rings is 2. The fraction of sp³-hybridized carbons (Fsp3) is 0.125. The summed E-state index contributed by atoms with van der Waals surface area (Å²) in [5.74, 6) is -1.17. The number of hydrogen-bond donors (Lipinski definition) is 0. The maximum Gasteiger partial charge on any atom is 0.523 e. The first-order valence-electron chi connectivity index (χ1n) is 7.29. The van der Waals surface area contributed by atoms with Crippen LogP contribution in [0.25, 0.3) is 11.0 Å². The monoisotopic (exact) mass is 446 g/mol. The molecule has 0 saturated heterocycles. The van der Waals surface area contributed by atoms with Crippen LogP contribution in [0.15, 0.2) is 53.4 Å². The zero-order chi connectivity index (χ0) is 21.0. The number of hydrogen-bond acceptors (Lipinski definition) is 3. The summed E-state index contributed by atoms with van der Waals surface area (Å²) in [6.45, 7) is 0. The molecule has 3 rings (SSSR count). The molecule has 0 amide bonds. The molecular weight excluding hydrogens is 437 g/mol. The summed E-state index contributed by atoms with van der Waals surface area (Å²) in [4.78, 5) is -1.83. The number of halogens is 7. The second-order valence-electron chi connectivity index (χ2n) is 5.50. The maximum atomic E-state index is 14.2. The first kappa shape index (κ1) is 20.7. The lowest BCUT2D eigenvalue weighted by atomic mass is 10.1. The smallest absolute Gasteiger partial charge is 0.206 e. The highest BCUT2D eigenvalue weighted by atomic mass is 32.3. The zero-order valence-electron chi connectivity index (χ0n) is 13.4. The molecule has 152 valence electrons. The van der Waals surface area contributed by atoms with E-state index in [1.165, 1.54) is 18.2 Å². The van der Waals surface area contributed by atoms with Crippen LogP contribution in [0.2, 0.25) is 0 Å². The average Bonchev–Trinajstić information content (AvgIpc) is 2.89. The number of fused-ring (bicyclic) bond motifs is 1. The molecule has 1 unspecified atom stereocenters. The molecule has 1 atom stereocenters. The Morgan fingerprint density at radius 1 is 0.857 bits per heavy atom. The Hall–Kier alpha value is -2.05. The van der Waals surface area contributed by atoms with Gasteiger partial charge in [0.05, 0.1) is 0 Å². The van der Waals surface area contributed by atoms with Gasteiger partial charge in [0, 0.05) is 25.7 Å². The molecule has 0 N–H and O–H groups in total. The standard InChI is InChI=1S/C16H9F7O3S2/c17-12-7-3-2-6-11(12)14-9-10-5-1-4-8-13(10)27(14,15(18,19)20)26-28(24,25)16(21,22)23/h1-9H. The van der Waals surface area contributed by atoms with Gasteiger partial charge in [0.25, 0.3) is 0 Å². The van der Waals surface area contributed by atoms with Crippen LogP contribution in [-0.4, -0.2) is 19.4 Å². The zero-order valence-corrected chi connectivity index (χ0v) is 15.0. The summed E-state index contributed by atoms with van der Waals surface area (Å²) < 4.78 is 123. The maximum absolute atomic E-state index is 14.2. The van der Waals surface area contributed by atoms with E-state index in [2.05, 4.69) is 3.63 Å². The van der Waals surface area contributed by atoms with Crippen molar-refractivity contribution in [1.82, 2.24) is 0 Å². The topological polar surface area (TPSA) is 43.4 Å². The first-order valence-corrected chi connectivity index (χ1v) is 10.3. The van der Waals surface area contributed by atoms with E-state index in [1.54, 1.807) is 0 Å². The van der Waals surface area contributed by atoms with Crippen LogP contribution in [-0.2, 0) is 13.7 Å². The van der Waals surface area contributed by atoms with Gasteiger partial charge in [-0.25, -0.2) is 4.39 Å². The van der Waals surface area contributed by atoms with Crippen LogP contribution in [0.1, 0.15) is 11.1 Å². The molecule has 1 aliphatic rings. The van der Waals surface area contributed by atoms with Gasteiger partial charge in [-0.05, 0) is 23.8 Å².